The van der Waals surface area contributed by atoms with E-state index in [0.29, 0.717) is 13.1 Å². The van der Waals surface area contributed by atoms with E-state index in [2.05, 4.69) is 10.4 Å². The third-order valence-electron chi connectivity index (χ3n) is 3.32. The normalized spacial score (nSPS) is 12.6. The Labute approximate surface area is 121 Å². The molecule has 6 heteroatoms. The summed E-state index contributed by atoms with van der Waals surface area (Å²) in [6.45, 7) is 5.12. The zero-order valence-electron chi connectivity index (χ0n) is 12.0. The summed E-state index contributed by atoms with van der Waals surface area (Å²) in [5.74, 6) is -3.79. The average Bonchev–Trinajstić information content (AvgIpc) is 2.95. The first-order chi connectivity index (χ1) is 10.1. The van der Waals surface area contributed by atoms with Gasteiger partial charge >= 0.3 is 0 Å². The van der Waals surface area contributed by atoms with E-state index in [4.69, 9.17) is 0 Å². The number of nitrogens with one attached hydrogen (secondary N) is 1. The molecule has 3 nitrogen and oxygen atoms in total. The lowest BCUT2D eigenvalue weighted by atomic mass is 10.0. The topological polar surface area (TPSA) is 29.9 Å². The SMILES string of the molecule is CCCNC(c1ccc(F)c(F)c1F)c1ccnn1CC. The second kappa shape index (κ2) is 6.76. The van der Waals surface area contributed by atoms with Gasteiger partial charge in [-0.15, -0.1) is 0 Å². The second-order valence-corrected chi connectivity index (χ2v) is 4.72. The number of nitrogens with zero attached hydrogens (tertiary/aromatic N) is 2. The van der Waals surface area contributed by atoms with Gasteiger partial charge in [-0.2, -0.15) is 5.10 Å². The molecule has 0 spiro atoms. The Balaban J connectivity index is 2.48. The van der Waals surface area contributed by atoms with Gasteiger partial charge < -0.3 is 5.32 Å². The molecule has 1 heterocycles. The molecular formula is C15H18F3N3. The van der Waals surface area contributed by atoms with Crippen molar-refractivity contribution in [3.63, 3.8) is 0 Å². The molecule has 0 aliphatic heterocycles. The molecule has 0 amide bonds. The lowest BCUT2D eigenvalue weighted by Gasteiger charge is -2.21. The monoisotopic (exact) mass is 297 g/mol. The molecule has 0 fully saturated rings. The summed E-state index contributed by atoms with van der Waals surface area (Å²) in [5, 5.41) is 7.31. The van der Waals surface area contributed by atoms with Gasteiger partial charge in [-0.25, -0.2) is 13.2 Å². The highest BCUT2D eigenvalue weighted by Gasteiger charge is 2.24. The smallest absolute Gasteiger partial charge is 0.194 e. The van der Waals surface area contributed by atoms with Crippen LogP contribution in [-0.4, -0.2) is 16.3 Å². The van der Waals surface area contributed by atoms with Crippen molar-refractivity contribution in [3.05, 3.63) is 53.1 Å². The van der Waals surface area contributed by atoms with Crippen LogP contribution in [0.25, 0.3) is 0 Å². The first-order valence-corrected chi connectivity index (χ1v) is 6.98. The number of aromatic nitrogens is 2. The minimum Gasteiger partial charge on any atom is -0.305 e. The average molecular weight is 297 g/mol. The molecule has 0 saturated carbocycles. The lowest BCUT2D eigenvalue weighted by Crippen LogP contribution is -2.27. The fourth-order valence-electron chi connectivity index (χ4n) is 2.28. The molecule has 1 atom stereocenters. The van der Waals surface area contributed by atoms with E-state index in [1.807, 2.05) is 13.8 Å². The molecule has 1 unspecified atom stereocenters. The van der Waals surface area contributed by atoms with E-state index in [9.17, 15) is 13.2 Å². The summed E-state index contributed by atoms with van der Waals surface area (Å²) in [4.78, 5) is 0. The number of hydrogen-bond acceptors (Lipinski definition) is 2. The molecule has 0 aliphatic carbocycles. The van der Waals surface area contributed by atoms with Crippen molar-refractivity contribution < 1.29 is 13.2 Å². The van der Waals surface area contributed by atoms with Crippen LogP contribution in [0.3, 0.4) is 0 Å². The standard InChI is InChI=1S/C15H18F3N3/c1-3-8-19-15(12-7-9-20-21(12)4-2)10-5-6-11(16)14(18)13(10)17/h5-7,9,15,19H,3-4,8H2,1-2H3. The van der Waals surface area contributed by atoms with Crippen LogP contribution in [0.15, 0.2) is 24.4 Å². The van der Waals surface area contributed by atoms with Crippen molar-refractivity contribution in [2.24, 2.45) is 0 Å². The van der Waals surface area contributed by atoms with Gasteiger partial charge in [0.15, 0.2) is 17.5 Å². The molecule has 2 rings (SSSR count). The highest BCUT2D eigenvalue weighted by Crippen LogP contribution is 2.27. The molecule has 21 heavy (non-hydrogen) atoms. The Morgan fingerprint density at radius 3 is 2.57 bits per heavy atom. The van der Waals surface area contributed by atoms with Crippen molar-refractivity contribution in [2.75, 3.05) is 6.54 Å². The quantitative estimate of drug-likeness (QED) is 0.828. The van der Waals surface area contributed by atoms with Gasteiger partial charge in [0, 0.05) is 18.3 Å². The van der Waals surface area contributed by atoms with Crippen molar-refractivity contribution >= 4 is 0 Å². The minimum absolute atomic E-state index is 0.0811. The molecule has 114 valence electrons. The minimum atomic E-state index is -1.45. The largest absolute Gasteiger partial charge is 0.305 e. The fourth-order valence-corrected chi connectivity index (χ4v) is 2.28. The molecule has 2 aromatic rings. The number of halogens is 3. The van der Waals surface area contributed by atoms with E-state index in [1.54, 1.807) is 16.9 Å². The first-order valence-electron chi connectivity index (χ1n) is 6.98. The van der Waals surface area contributed by atoms with E-state index >= 15 is 0 Å². The summed E-state index contributed by atoms with van der Waals surface area (Å²) >= 11 is 0. The predicted octanol–water partition coefficient (Wildman–Crippen LogP) is 3.41. The maximum Gasteiger partial charge on any atom is 0.194 e. The molecule has 1 aromatic carbocycles. The number of benzene rings is 1. The molecule has 0 bridgehead atoms. The van der Waals surface area contributed by atoms with E-state index in [1.165, 1.54) is 6.07 Å². The Morgan fingerprint density at radius 2 is 1.90 bits per heavy atom. The zero-order valence-corrected chi connectivity index (χ0v) is 12.0. The van der Waals surface area contributed by atoms with Gasteiger partial charge in [0.05, 0.1) is 11.7 Å². The third kappa shape index (κ3) is 3.10. The maximum atomic E-state index is 14.1. The van der Waals surface area contributed by atoms with Crippen molar-refractivity contribution in [1.29, 1.82) is 0 Å². The van der Waals surface area contributed by atoms with E-state index in [-0.39, 0.29) is 5.56 Å². The molecular weight excluding hydrogens is 279 g/mol. The predicted molar refractivity (Wildman–Crippen MR) is 74.4 cm³/mol. The molecule has 1 N–H and O–H groups in total. The van der Waals surface area contributed by atoms with Gasteiger partial charge in [0.2, 0.25) is 0 Å². The summed E-state index contributed by atoms with van der Waals surface area (Å²) in [5.41, 5.74) is 0.799. The molecule has 1 aromatic heterocycles. The maximum absolute atomic E-state index is 14.1. The van der Waals surface area contributed by atoms with Crippen LogP contribution >= 0.6 is 0 Å². The van der Waals surface area contributed by atoms with Crippen LogP contribution < -0.4 is 5.32 Å². The van der Waals surface area contributed by atoms with Gasteiger partial charge in [0.25, 0.3) is 0 Å². The second-order valence-electron chi connectivity index (χ2n) is 4.72. The van der Waals surface area contributed by atoms with Gasteiger partial charge in [-0.05, 0) is 32.0 Å². The highest BCUT2D eigenvalue weighted by molar-refractivity contribution is 5.30. The first kappa shape index (κ1) is 15.6. The Bertz CT molecular complexity index is 610. The fraction of sp³-hybridized carbons (Fsp3) is 0.400. The summed E-state index contributed by atoms with van der Waals surface area (Å²) < 4.78 is 42.4. The van der Waals surface area contributed by atoms with E-state index < -0.39 is 23.5 Å². The number of hydrogen-bond donors (Lipinski definition) is 1. The molecule has 0 radical (unpaired) electrons. The van der Waals surface area contributed by atoms with Crippen molar-refractivity contribution in [1.82, 2.24) is 15.1 Å². The molecule has 0 aliphatic rings. The molecule has 0 saturated heterocycles. The van der Waals surface area contributed by atoms with Crippen molar-refractivity contribution in [3.8, 4) is 0 Å². The van der Waals surface area contributed by atoms with Gasteiger partial charge in [-0.3, -0.25) is 4.68 Å². The van der Waals surface area contributed by atoms with Crippen molar-refractivity contribution in [2.45, 2.75) is 32.9 Å². The van der Waals surface area contributed by atoms with Crippen LogP contribution in [0.1, 0.15) is 37.6 Å². The Hall–Kier alpha value is -1.82. The summed E-state index contributed by atoms with van der Waals surface area (Å²) in [7, 11) is 0. The van der Waals surface area contributed by atoms with Crippen LogP contribution in [0.4, 0.5) is 13.2 Å². The summed E-state index contributed by atoms with van der Waals surface area (Å²) in [6.07, 6.45) is 2.44. The lowest BCUT2D eigenvalue weighted by molar-refractivity contribution is 0.428. The van der Waals surface area contributed by atoms with Gasteiger partial charge in [-0.1, -0.05) is 13.0 Å². The Kier molecular flexibility index (Phi) is 5.01. The van der Waals surface area contributed by atoms with Crippen LogP contribution in [0.5, 0.6) is 0 Å². The zero-order chi connectivity index (χ0) is 15.4. The van der Waals surface area contributed by atoms with Crippen LogP contribution in [0.2, 0.25) is 0 Å². The van der Waals surface area contributed by atoms with Crippen LogP contribution in [0, 0.1) is 17.5 Å². The summed E-state index contributed by atoms with van der Waals surface area (Å²) in [6, 6.07) is 3.40. The number of aryl methyl sites for hydroxylation is 1. The van der Waals surface area contributed by atoms with Crippen LogP contribution in [-0.2, 0) is 6.54 Å². The van der Waals surface area contributed by atoms with Gasteiger partial charge in [0.1, 0.15) is 0 Å². The highest BCUT2D eigenvalue weighted by atomic mass is 19.2. The Morgan fingerprint density at radius 1 is 1.14 bits per heavy atom. The van der Waals surface area contributed by atoms with E-state index in [0.717, 1.165) is 18.2 Å². The number of rotatable bonds is 6. The third-order valence-corrected chi connectivity index (χ3v) is 3.32.